The summed E-state index contributed by atoms with van der Waals surface area (Å²) >= 11 is 0. The zero-order valence-electron chi connectivity index (χ0n) is 17.1. The van der Waals surface area contributed by atoms with E-state index in [1.165, 1.54) is 43.2 Å². The summed E-state index contributed by atoms with van der Waals surface area (Å²) in [6.45, 7) is 2.99. The Morgan fingerprint density at radius 1 is 0.966 bits per heavy atom. The highest BCUT2D eigenvalue weighted by Gasteiger charge is 2.21. The van der Waals surface area contributed by atoms with Gasteiger partial charge in [0.05, 0.1) is 17.3 Å². The second kappa shape index (κ2) is 9.31. The molecule has 5 heteroatoms. The van der Waals surface area contributed by atoms with Crippen molar-refractivity contribution >= 4 is 9.84 Å². The topological polar surface area (TPSA) is 46.6 Å². The highest BCUT2D eigenvalue weighted by Crippen LogP contribution is 2.26. The van der Waals surface area contributed by atoms with Gasteiger partial charge in [0.2, 0.25) is 0 Å². The largest absolute Gasteiger partial charge is 0.493 e. The van der Waals surface area contributed by atoms with Gasteiger partial charge in [-0.3, -0.25) is 4.90 Å². The zero-order valence-corrected chi connectivity index (χ0v) is 17.9. The van der Waals surface area contributed by atoms with Crippen molar-refractivity contribution in [2.24, 2.45) is 5.92 Å². The van der Waals surface area contributed by atoms with Gasteiger partial charge in [-0.1, -0.05) is 49.6 Å². The van der Waals surface area contributed by atoms with Crippen LogP contribution in [0.15, 0.2) is 53.4 Å². The van der Waals surface area contributed by atoms with Crippen molar-refractivity contribution in [3.05, 3.63) is 59.7 Å². The smallest absolute Gasteiger partial charge is 0.179 e. The zero-order chi connectivity index (χ0) is 20.1. The first-order valence-electron chi connectivity index (χ1n) is 10.8. The number of ether oxygens (including phenoxy) is 1. The predicted octanol–water partition coefficient (Wildman–Crippen LogP) is 4.48. The van der Waals surface area contributed by atoms with E-state index in [-0.39, 0.29) is 5.75 Å². The number of nitrogens with zero attached hydrogens (tertiary/aromatic N) is 1. The van der Waals surface area contributed by atoms with Crippen molar-refractivity contribution < 1.29 is 13.2 Å². The Kier molecular flexibility index (Phi) is 6.56. The molecule has 2 aromatic carbocycles. The molecule has 0 aromatic heterocycles. The van der Waals surface area contributed by atoms with E-state index in [0.717, 1.165) is 19.5 Å². The van der Waals surface area contributed by atoms with Crippen LogP contribution in [0.4, 0.5) is 0 Å². The van der Waals surface area contributed by atoms with Crippen LogP contribution in [0.2, 0.25) is 0 Å². The van der Waals surface area contributed by atoms with Gasteiger partial charge in [-0.05, 0) is 54.5 Å². The molecule has 4 rings (SSSR count). The van der Waals surface area contributed by atoms with Gasteiger partial charge < -0.3 is 4.74 Å². The van der Waals surface area contributed by atoms with Crippen LogP contribution in [0.5, 0.6) is 5.75 Å². The SMILES string of the molecule is O=S(=O)(CCN1CCc2ccccc2C1)c1cccc(OCC2CCCCC2)c1. The summed E-state index contributed by atoms with van der Waals surface area (Å²) in [7, 11) is -3.32. The van der Waals surface area contributed by atoms with Gasteiger partial charge in [0.15, 0.2) is 9.84 Å². The van der Waals surface area contributed by atoms with Crippen LogP contribution in [0, 0.1) is 5.92 Å². The molecule has 1 heterocycles. The number of benzene rings is 2. The highest BCUT2D eigenvalue weighted by atomic mass is 32.2. The van der Waals surface area contributed by atoms with Gasteiger partial charge in [-0.15, -0.1) is 0 Å². The number of rotatable bonds is 7. The average molecular weight is 414 g/mol. The minimum Gasteiger partial charge on any atom is -0.493 e. The molecular weight excluding hydrogens is 382 g/mol. The minimum atomic E-state index is -3.32. The second-order valence-corrected chi connectivity index (χ2v) is 10.5. The van der Waals surface area contributed by atoms with Crippen LogP contribution in [-0.4, -0.2) is 38.8 Å². The van der Waals surface area contributed by atoms with Crippen LogP contribution in [0.25, 0.3) is 0 Å². The molecule has 0 saturated heterocycles. The maximum absolute atomic E-state index is 12.9. The molecule has 2 aliphatic rings. The van der Waals surface area contributed by atoms with Crippen LogP contribution < -0.4 is 4.74 Å². The molecule has 4 nitrogen and oxygen atoms in total. The maximum Gasteiger partial charge on any atom is 0.179 e. The molecule has 0 radical (unpaired) electrons. The van der Waals surface area contributed by atoms with E-state index in [2.05, 4.69) is 29.2 Å². The molecule has 2 aromatic rings. The molecule has 29 heavy (non-hydrogen) atoms. The molecule has 0 atom stereocenters. The molecule has 0 bridgehead atoms. The Morgan fingerprint density at radius 2 is 1.76 bits per heavy atom. The van der Waals surface area contributed by atoms with Crippen LogP contribution in [0.3, 0.4) is 0 Å². The summed E-state index contributed by atoms with van der Waals surface area (Å²) in [5, 5.41) is 0. The fourth-order valence-corrected chi connectivity index (χ4v) is 5.75. The fourth-order valence-electron chi connectivity index (χ4n) is 4.44. The van der Waals surface area contributed by atoms with Crippen molar-refractivity contribution in [3.63, 3.8) is 0 Å². The van der Waals surface area contributed by atoms with Crippen molar-refractivity contribution in [2.75, 3.05) is 25.4 Å². The third kappa shape index (κ3) is 5.40. The molecule has 1 aliphatic heterocycles. The van der Waals surface area contributed by atoms with Gasteiger partial charge in [0.1, 0.15) is 5.75 Å². The molecule has 0 spiro atoms. The van der Waals surface area contributed by atoms with E-state index in [4.69, 9.17) is 4.74 Å². The lowest BCUT2D eigenvalue weighted by Crippen LogP contribution is -2.34. The van der Waals surface area contributed by atoms with Gasteiger partial charge in [-0.25, -0.2) is 8.42 Å². The van der Waals surface area contributed by atoms with Gasteiger partial charge in [-0.2, -0.15) is 0 Å². The average Bonchev–Trinajstić information content (AvgIpc) is 2.77. The number of fused-ring (bicyclic) bond motifs is 1. The van der Waals surface area contributed by atoms with Gasteiger partial charge in [0.25, 0.3) is 0 Å². The molecule has 1 saturated carbocycles. The summed E-state index contributed by atoms with van der Waals surface area (Å²) in [5.41, 5.74) is 2.70. The first-order valence-corrected chi connectivity index (χ1v) is 12.5. The molecule has 0 N–H and O–H groups in total. The van der Waals surface area contributed by atoms with Gasteiger partial charge in [0, 0.05) is 19.6 Å². The second-order valence-electron chi connectivity index (χ2n) is 8.40. The lowest BCUT2D eigenvalue weighted by molar-refractivity contribution is 0.208. The number of sulfone groups is 1. The van der Waals surface area contributed by atoms with E-state index in [1.807, 2.05) is 6.07 Å². The monoisotopic (exact) mass is 413 g/mol. The van der Waals surface area contributed by atoms with E-state index >= 15 is 0 Å². The quantitative estimate of drug-likeness (QED) is 0.672. The normalized spacial score (nSPS) is 18.3. The Labute approximate surface area is 174 Å². The molecule has 0 unspecified atom stereocenters. The summed E-state index contributed by atoms with van der Waals surface area (Å²) < 4.78 is 31.7. The Bertz CT molecular complexity index is 919. The lowest BCUT2D eigenvalue weighted by atomic mass is 9.90. The van der Waals surface area contributed by atoms with Crippen LogP contribution in [-0.2, 0) is 22.8 Å². The first kappa shape index (κ1) is 20.4. The van der Waals surface area contributed by atoms with E-state index in [0.29, 0.717) is 29.7 Å². The van der Waals surface area contributed by atoms with Crippen LogP contribution >= 0.6 is 0 Å². The Balaban J connectivity index is 1.33. The van der Waals surface area contributed by atoms with E-state index in [9.17, 15) is 8.42 Å². The summed E-state index contributed by atoms with van der Waals surface area (Å²) in [5.74, 6) is 1.41. The van der Waals surface area contributed by atoms with E-state index < -0.39 is 9.84 Å². The van der Waals surface area contributed by atoms with Crippen molar-refractivity contribution in [1.82, 2.24) is 4.90 Å². The third-order valence-electron chi connectivity index (χ3n) is 6.26. The summed E-state index contributed by atoms with van der Waals surface area (Å²) in [6.07, 6.45) is 7.31. The van der Waals surface area contributed by atoms with Gasteiger partial charge >= 0.3 is 0 Å². The molecular formula is C24H31NO3S. The van der Waals surface area contributed by atoms with Crippen molar-refractivity contribution in [1.29, 1.82) is 0 Å². The molecule has 1 aliphatic carbocycles. The highest BCUT2D eigenvalue weighted by molar-refractivity contribution is 7.91. The Hall–Kier alpha value is -1.85. The van der Waals surface area contributed by atoms with Crippen LogP contribution in [0.1, 0.15) is 43.2 Å². The summed E-state index contributed by atoms with van der Waals surface area (Å²) in [6, 6.07) is 15.5. The van der Waals surface area contributed by atoms with Crippen molar-refractivity contribution in [2.45, 2.75) is 50.0 Å². The Morgan fingerprint density at radius 3 is 2.59 bits per heavy atom. The number of hydrogen-bond donors (Lipinski definition) is 0. The third-order valence-corrected chi connectivity index (χ3v) is 7.95. The lowest BCUT2D eigenvalue weighted by Gasteiger charge is -2.28. The first-order chi connectivity index (χ1) is 14.1. The molecule has 1 fully saturated rings. The maximum atomic E-state index is 12.9. The van der Waals surface area contributed by atoms with Crippen molar-refractivity contribution in [3.8, 4) is 5.75 Å². The number of hydrogen-bond acceptors (Lipinski definition) is 4. The molecule has 0 amide bonds. The standard InChI is InChI=1S/C24H31NO3S/c26-29(27,16-15-25-14-13-21-9-4-5-10-22(21)18-25)24-12-6-11-23(17-24)28-19-20-7-2-1-3-8-20/h4-6,9-12,17,20H,1-3,7-8,13-16,18-19H2. The minimum absolute atomic E-state index is 0.140. The summed E-state index contributed by atoms with van der Waals surface area (Å²) in [4.78, 5) is 2.61. The van der Waals surface area contributed by atoms with E-state index in [1.54, 1.807) is 18.2 Å². The molecule has 156 valence electrons. The predicted molar refractivity (Wildman–Crippen MR) is 116 cm³/mol. The fraction of sp³-hybridized carbons (Fsp3) is 0.500.